The minimum absolute atomic E-state index is 0.0923. The van der Waals surface area contributed by atoms with Crippen molar-refractivity contribution in [3.05, 3.63) is 70.9 Å². The number of carbonyl (C=O) groups is 2. The van der Waals surface area contributed by atoms with Crippen LogP contribution < -0.4 is 10.1 Å². The Morgan fingerprint density at radius 2 is 1.72 bits per heavy atom. The number of halogens is 1. The third-order valence-corrected chi connectivity index (χ3v) is 5.72. The molecule has 2 amide bonds. The first kappa shape index (κ1) is 27.3. The second kappa shape index (κ2) is 11.6. The van der Waals surface area contributed by atoms with Crippen LogP contribution >= 0.6 is 11.6 Å². The van der Waals surface area contributed by atoms with Crippen molar-refractivity contribution in [2.24, 2.45) is 5.92 Å². The molecule has 0 saturated carbocycles. The average molecular weight is 511 g/mol. The predicted octanol–water partition coefficient (Wildman–Crippen LogP) is 5.63. The van der Waals surface area contributed by atoms with Crippen molar-refractivity contribution in [2.75, 3.05) is 25.0 Å². The minimum atomic E-state index is -0.302. The van der Waals surface area contributed by atoms with Crippen molar-refractivity contribution in [2.45, 2.75) is 47.0 Å². The van der Waals surface area contributed by atoms with Gasteiger partial charge in [-0.1, -0.05) is 63.9 Å². The van der Waals surface area contributed by atoms with Gasteiger partial charge in [0.2, 0.25) is 5.91 Å². The Balaban J connectivity index is 1.75. The van der Waals surface area contributed by atoms with Crippen LogP contribution in [0.4, 0.5) is 5.82 Å². The highest BCUT2D eigenvalue weighted by Gasteiger charge is 2.23. The number of ether oxygens (including phenoxy) is 1. The number of carbonyl (C=O) groups excluding carboxylic acids is 2. The van der Waals surface area contributed by atoms with Crippen LogP contribution in [0.25, 0.3) is 5.69 Å². The molecular formula is C28H35ClN4O3. The summed E-state index contributed by atoms with van der Waals surface area (Å²) in [5.41, 5.74) is 2.63. The summed E-state index contributed by atoms with van der Waals surface area (Å²) in [5.74, 6) is 0.713. The highest BCUT2D eigenvalue weighted by atomic mass is 35.5. The molecule has 0 atom stereocenters. The summed E-state index contributed by atoms with van der Waals surface area (Å²) in [4.78, 5) is 27.6. The van der Waals surface area contributed by atoms with Crippen molar-refractivity contribution in [1.82, 2.24) is 14.7 Å². The van der Waals surface area contributed by atoms with Crippen molar-refractivity contribution >= 4 is 29.2 Å². The van der Waals surface area contributed by atoms with E-state index in [0.29, 0.717) is 23.1 Å². The molecule has 36 heavy (non-hydrogen) atoms. The van der Waals surface area contributed by atoms with Crippen molar-refractivity contribution in [3.8, 4) is 11.4 Å². The van der Waals surface area contributed by atoms with Gasteiger partial charge in [0.05, 0.1) is 11.4 Å². The summed E-state index contributed by atoms with van der Waals surface area (Å²) in [6.45, 7) is 12.4. The monoisotopic (exact) mass is 510 g/mol. The first-order valence-corrected chi connectivity index (χ1v) is 12.4. The van der Waals surface area contributed by atoms with Gasteiger partial charge in [-0.2, -0.15) is 5.10 Å². The summed E-state index contributed by atoms with van der Waals surface area (Å²) >= 11 is 5.91. The van der Waals surface area contributed by atoms with Crippen LogP contribution in [0.5, 0.6) is 5.75 Å². The Labute approximate surface area is 218 Å². The Morgan fingerprint density at radius 3 is 2.31 bits per heavy atom. The molecule has 192 valence electrons. The van der Waals surface area contributed by atoms with Crippen LogP contribution in [0.1, 0.15) is 45.9 Å². The number of nitrogens with one attached hydrogen (secondary N) is 1. The second-order valence-corrected chi connectivity index (χ2v) is 10.8. The van der Waals surface area contributed by atoms with Crippen molar-refractivity contribution < 1.29 is 14.3 Å². The summed E-state index contributed by atoms with van der Waals surface area (Å²) < 4.78 is 7.35. The Morgan fingerprint density at radius 1 is 1.08 bits per heavy atom. The zero-order valence-electron chi connectivity index (χ0n) is 21.8. The van der Waals surface area contributed by atoms with E-state index in [1.165, 1.54) is 4.90 Å². The molecule has 0 saturated heterocycles. The van der Waals surface area contributed by atoms with Crippen molar-refractivity contribution in [1.29, 1.82) is 0 Å². The van der Waals surface area contributed by atoms with E-state index < -0.39 is 0 Å². The summed E-state index contributed by atoms with van der Waals surface area (Å²) in [7, 11) is 0. The molecule has 1 heterocycles. The van der Waals surface area contributed by atoms with Gasteiger partial charge in [0, 0.05) is 23.0 Å². The van der Waals surface area contributed by atoms with E-state index in [2.05, 4.69) is 26.1 Å². The van der Waals surface area contributed by atoms with Crippen LogP contribution in [0, 0.1) is 12.8 Å². The molecule has 8 heteroatoms. The molecule has 7 nitrogen and oxygen atoms in total. The third-order valence-electron chi connectivity index (χ3n) is 5.47. The topological polar surface area (TPSA) is 76.5 Å². The number of amides is 2. The molecule has 1 aromatic heterocycles. The standard InChI is InChI=1S/C28H35ClN4O3/c1-19(2)16-32(27(35)18-36-23-13-9-21(29)10-14-23)17-26(34)30-25-15-24(28(4,5)6)31-33(25)22-11-7-20(3)8-12-22/h7-15,19H,16-18H2,1-6H3,(H,30,34). The molecule has 3 aromatic rings. The number of aromatic nitrogens is 2. The molecule has 0 aliphatic carbocycles. The van der Waals surface area contributed by atoms with Gasteiger partial charge in [-0.3, -0.25) is 9.59 Å². The van der Waals surface area contributed by atoms with Gasteiger partial charge in [-0.15, -0.1) is 0 Å². The molecule has 0 radical (unpaired) electrons. The first-order chi connectivity index (χ1) is 16.9. The van der Waals surface area contributed by atoms with E-state index in [1.54, 1.807) is 28.9 Å². The van der Waals surface area contributed by atoms with Crippen LogP contribution in [0.2, 0.25) is 5.02 Å². The number of hydrogen-bond donors (Lipinski definition) is 1. The lowest BCUT2D eigenvalue weighted by molar-refractivity contribution is -0.137. The van der Waals surface area contributed by atoms with E-state index in [9.17, 15) is 9.59 Å². The van der Waals surface area contributed by atoms with E-state index in [0.717, 1.165) is 16.9 Å². The van der Waals surface area contributed by atoms with E-state index >= 15 is 0 Å². The summed E-state index contributed by atoms with van der Waals surface area (Å²) in [6, 6.07) is 16.6. The normalized spacial score (nSPS) is 11.4. The number of nitrogens with zero attached hydrogens (tertiary/aromatic N) is 3. The maximum absolute atomic E-state index is 13.1. The molecule has 0 spiro atoms. The zero-order valence-corrected chi connectivity index (χ0v) is 22.6. The highest BCUT2D eigenvalue weighted by Crippen LogP contribution is 2.26. The molecule has 3 rings (SSSR count). The maximum atomic E-state index is 13.1. The SMILES string of the molecule is Cc1ccc(-n2nc(C(C)(C)C)cc2NC(=O)CN(CC(C)C)C(=O)COc2ccc(Cl)cc2)cc1. The molecular weight excluding hydrogens is 476 g/mol. The van der Waals surface area contributed by atoms with Crippen LogP contribution in [0.15, 0.2) is 54.6 Å². The van der Waals surface area contributed by atoms with E-state index in [1.807, 2.05) is 51.1 Å². The second-order valence-electron chi connectivity index (χ2n) is 10.4. The number of aryl methyl sites for hydroxylation is 1. The van der Waals surface area contributed by atoms with E-state index in [4.69, 9.17) is 21.4 Å². The molecule has 1 N–H and O–H groups in total. The zero-order chi connectivity index (χ0) is 26.5. The summed E-state index contributed by atoms with van der Waals surface area (Å²) in [5, 5.41) is 8.31. The van der Waals surface area contributed by atoms with Gasteiger partial charge in [0.1, 0.15) is 18.1 Å². The average Bonchev–Trinajstić information content (AvgIpc) is 3.22. The van der Waals surface area contributed by atoms with Gasteiger partial charge < -0.3 is 15.0 Å². The molecule has 0 aliphatic heterocycles. The summed E-state index contributed by atoms with van der Waals surface area (Å²) in [6.07, 6.45) is 0. The van der Waals surface area contributed by atoms with Crippen LogP contribution in [0.3, 0.4) is 0 Å². The smallest absolute Gasteiger partial charge is 0.260 e. The highest BCUT2D eigenvalue weighted by molar-refractivity contribution is 6.30. The lowest BCUT2D eigenvalue weighted by atomic mass is 9.92. The Kier molecular flexibility index (Phi) is 8.79. The first-order valence-electron chi connectivity index (χ1n) is 12.1. The fraction of sp³-hybridized carbons (Fsp3) is 0.393. The molecule has 2 aromatic carbocycles. The number of benzene rings is 2. The lowest BCUT2D eigenvalue weighted by Gasteiger charge is -2.24. The van der Waals surface area contributed by atoms with Crippen LogP contribution in [-0.4, -0.2) is 46.2 Å². The minimum Gasteiger partial charge on any atom is -0.484 e. The quantitative estimate of drug-likeness (QED) is 0.404. The number of anilines is 1. The molecule has 0 aliphatic rings. The number of hydrogen-bond acceptors (Lipinski definition) is 4. The molecule has 0 unspecified atom stereocenters. The fourth-order valence-electron chi connectivity index (χ4n) is 3.54. The van der Waals surface area contributed by atoms with Gasteiger partial charge in [-0.25, -0.2) is 4.68 Å². The largest absolute Gasteiger partial charge is 0.484 e. The van der Waals surface area contributed by atoms with Crippen LogP contribution in [-0.2, 0) is 15.0 Å². The molecule has 0 fully saturated rings. The Hall–Kier alpha value is -3.32. The molecule has 0 bridgehead atoms. The maximum Gasteiger partial charge on any atom is 0.260 e. The predicted molar refractivity (Wildman–Crippen MR) is 144 cm³/mol. The van der Waals surface area contributed by atoms with Gasteiger partial charge in [0.15, 0.2) is 6.61 Å². The lowest BCUT2D eigenvalue weighted by Crippen LogP contribution is -2.42. The number of rotatable bonds is 9. The third kappa shape index (κ3) is 7.59. The van der Waals surface area contributed by atoms with Gasteiger partial charge in [0.25, 0.3) is 5.91 Å². The van der Waals surface area contributed by atoms with Crippen molar-refractivity contribution in [3.63, 3.8) is 0 Å². The Bertz CT molecular complexity index is 1180. The van der Waals surface area contributed by atoms with Gasteiger partial charge >= 0.3 is 0 Å². The van der Waals surface area contributed by atoms with E-state index in [-0.39, 0.29) is 36.3 Å². The van der Waals surface area contributed by atoms with Gasteiger partial charge in [-0.05, 0) is 49.2 Å². The fourth-order valence-corrected chi connectivity index (χ4v) is 3.66.